The summed E-state index contributed by atoms with van der Waals surface area (Å²) in [5.74, 6) is 1.76. The Morgan fingerprint density at radius 1 is 1.04 bits per heavy atom. The molecule has 1 heterocycles. The number of methoxy groups -OCH3 is 1. The van der Waals surface area contributed by atoms with Crippen LogP contribution in [-0.2, 0) is 16.0 Å². The quantitative estimate of drug-likeness (QED) is 0.746. The van der Waals surface area contributed by atoms with E-state index in [1.807, 2.05) is 24.3 Å². The van der Waals surface area contributed by atoms with Crippen LogP contribution in [0.1, 0.15) is 18.4 Å². The SMILES string of the molecule is COc1ccccc1CCC(=O)NCCC(=O)Nc1ccc2c(c1)OCO2. The second kappa shape index (κ2) is 8.93. The first-order chi connectivity index (χ1) is 13.2. The number of aryl methyl sites for hydroxylation is 1. The molecule has 3 rings (SSSR count). The molecule has 7 heteroatoms. The summed E-state index contributed by atoms with van der Waals surface area (Å²) in [5.41, 5.74) is 1.61. The molecule has 2 N–H and O–H groups in total. The van der Waals surface area contributed by atoms with E-state index in [-0.39, 0.29) is 31.6 Å². The van der Waals surface area contributed by atoms with Crippen molar-refractivity contribution < 1.29 is 23.8 Å². The number of nitrogens with one attached hydrogen (secondary N) is 2. The van der Waals surface area contributed by atoms with Gasteiger partial charge in [0, 0.05) is 31.1 Å². The van der Waals surface area contributed by atoms with Crippen LogP contribution in [-0.4, -0.2) is 32.3 Å². The lowest BCUT2D eigenvalue weighted by atomic mass is 10.1. The summed E-state index contributed by atoms with van der Waals surface area (Å²) in [7, 11) is 1.61. The smallest absolute Gasteiger partial charge is 0.231 e. The molecule has 27 heavy (non-hydrogen) atoms. The Labute approximate surface area is 157 Å². The first-order valence-corrected chi connectivity index (χ1v) is 8.74. The molecule has 7 nitrogen and oxygen atoms in total. The van der Waals surface area contributed by atoms with Gasteiger partial charge in [-0.3, -0.25) is 9.59 Å². The van der Waals surface area contributed by atoms with Crippen LogP contribution in [0.5, 0.6) is 17.2 Å². The zero-order valence-electron chi connectivity index (χ0n) is 15.1. The molecule has 0 bridgehead atoms. The zero-order chi connectivity index (χ0) is 19.1. The van der Waals surface area contributed by atoms with Gasteiger partial charge in [0.05, 0.1) is 7.11 Å². The molecule has 0 saturated heterocycles. The molecule has 0 atom stereocenters. The van der Waals surface area contributed by atoms with Crippen molar-refractivity contribution in [1.29, 1.82) is 0 Å². The van der Waals surface area contributed by atoms with Crippen LogP contribution in [0.4, 0.5) is 5.69 Å². The molecule has 142 valence electrons. The Balaban J connectivity index is 1.37. The average Bonchev–Trinajstić information content (AvgIpc) is 3.14. The van der Waals surface area contributed by atoms with E-state index in [0.717, 1.165) is 11.3 Å². The Hall–Kier alpha value is -3.22. The van der Waals surface area contributed by atoms with Gasteiger partial charge in [0.25, 0.3) is 0 Å². The van der Waals surface area contributed by atoms with Gasteiger partial charge in [-0.15, -0.1) is 0 Å². The lowest BCUT2D eigenvalue weighted by molar-refractivity contribution is -0.121. The van der Waals surface area contributed by atoms with Crippen LogP contribution < -0.4 is 24.8 Å². The number of hydrogen-bond acceptors (Lipinski definition) is 5. The molecule has 2 amide bonds. The summed E-state index contributed by atoms with van der Waals surface area (Å²) in [5, 5.41) is 5.54. The highest BCUT2D eigenvalue weighted by molar-refractivity contribution is 5.91. The largest absolute Gasteiger partial charge is 0.496 e. The van der Waals surface area contributed by atoms with E-state index >= 15 is 0 Å². The Morgan fingerprint density at radius 3 is 2.70 bits per heavy atom. The summed E-state index contributed by atoms with van der Waals surface area (Å²) in [6.45, 7) is 0.467. The number of carbonyl (C=O) groups is 2. The zero-order valence-corrected chi connectivity index (χ0v) is 15.1. The number of fused-ring (bicyclic) bond motifs is 1. The van der Waals surface area contributed by atoms with Crippen molar-refractivity contribution in [2.45, 2.75) is 19.3 Å². The second-order valence-corrected chi connectivity index (χ2v) is 6.03. The molecule has 1 aliphatic heterocycles. The van der Waals surface area contributed by atoms with Crippen molar-refractivity contribution in [3.05, 3.63) is 48.0 Å². The lowest BCUT2D eigenvalue weighted by Crippen LogP contribution is -2.27. The van der Waals surface area contributed by atoms with Crippen molar-refractivity contribution in [2.24, 2.45) is 0 Å². The van der Waals surface area contributed by atoms with Crippen LogP contribution in [0.2, 0.25) is 0 Å². The Morgan fingerprint density at radius 2 is 1.85 bits per heavy atom. The van der Waals surface area contributed by atoms with Gasteiger partial charge in [-0.25, -0.2) is 0 Å². The normalized spacial score (nSPS) is 11.7. The van der Waals surface area contributed by atoms with Crippen molar-refractivity contribution in [2.75, 3.05) is 25.8 Å². The summed E-state index contributed by atoms with van der Waals surface area (Å²) in [6.07, 6.45) is 1.11. The van der Waals surface area contributed by atoms with Crippen molar-refractivity contribution >= 4 is 17.5 Å². The lowest BCUT2D eigenvalue weighted by Gasteiger charge is -2.09. The third-order valence-corrected chi connectivity index (χ3v) is 4.14. The summed E-state index contributed by atoms with van der Waals surface area (Å²) in [6, 6.07) is 12.8. The van der Waals surface area contributed by atoms with Gasteiger partial charge < -0.3 is 24.8 Å². The fourth-order valence-electron chi connectivity index (χ4n) is 2.76. The summed E-state index contributed by atoms with van der Waals surface area (Å²) in [4.78, 5) is 24.0. The minimum absolute atomic E-state index is 0.100. The summed E-state index contributed by atoms with van der Waals surface area (Å²) < 4.78 is 15.8. The minimum atomic E-state index is -0.182. The highest BCUT2D eigenvalue weighted by atomic mass is 16.7. The van der Waals surface area contributed by atoms with Gasteiger partial charge in [-0.1, -0.05) is 18.2 Å². The first-order valence-electron chi connectivity index (χ1n) is 8.74. The maximum atomic E-state index is 12.0. The number of hydrogen-bond donors (Lipinski definition) is 2. The maximum absolute atomic E-state index is 12.0. The molecular formula is C20H22N2O5. The van der Waals surface area contributed by atoms with E-state index in [4.69, 9.17) is 14.2 Å². The van der Waals surface area contributed by atoms with Crippen LogP contribution in [0.25, 0.3) is 0 Å². The number of amides is 2. The third-order valence-electron chi connectivity index (χ3n) is 4.14. The van der Waals surface area contributed by atoms with Gasteiger partial charge in [0.15, 0.2) is 11.5 Å². The highest BCUT2D eigenvalue weighted by Crippen LogP contribution is 2.34. The fourth-order valence-corrected chi connectivity index (χ4v) is 2.76. The number of rotatable bonds is 8. The van der Waals surface area contributed by atoms with Gasteiger partial charge in [-0.2, -0.15) is 0 Å². The third kappa shape index (κ3) is 5.13. The number of carbonyl (C=O) groups excluding carboxylic acids is 2. The van der Waals surface area contributed by atoms with Crippen LogP contribution >= 0.6 is 0 Å². The van der Waals surface area contributed by atoms with Crippen LogP contribution in [0.15, 0.2) is 42.5 Å². The number of anilines is 1. The van der Waals surface area contributed by atoms with E-state index in [2.05, 4.69) is 10.6 Å². The minimum Gasteiger partial charge on any atom is -0.496 e. The van der Waals surface area contributed by atoms with E-state index in [1.54, 1.807) is 25.3 Å². The van der Waals surface area contributed by atoms with Gasteiger partial charge in [0.1, 0.15) is 5.75 Å². The predicted octanol–water partition coefficient (Wildman–Crippen LogP) is 2.50. The van der Waals surface area contributed by atoms with Crippen molar-refractivity contribution in [1.82, 2.24) is 5.32 Å². The molecule has 0 spiro atoms. The Kier molecular flexibility index (Phi) is 6.14. The molecule has 2 aromatic carbocycles. The molecule has 1 aliphatic rings. The fraction of sp³-hybridized carbons (Fsp3) is 0.300. The first kappa shape index (κ1) is 18.6. The number of para-hydroxylation sites is 1. The van der Waals surface area contributed by atoms with Gasteiger partial charge in [-0.05, 0) is 30.2 Å². The molecule has 0 fully saturated rings. The maximum Gasteiger partial charge on any atom is 0.231 e. The summed E-state index contributed by atoms with van der Waals surface area (Å²) >= 11 is 0. The number of benzene rings is 2. The van der Waals surface area contributed by atoms with Crippen LogP contribution in [0.3, 0.4) is 0 Å². The molecule has 0 saturated carbocycles. The molecule has 0 radical (unpaired) electrons. The predicted molar refractivity (Wildman–Crippen MR) is 100 cm³/mol. The Bertz CT molecular complexity index is 822. The standard InChI is InChI=1S/C20H22N2O5/c1-25-16-5-3-2-4-14(16)6-9-19(23)21-11-10-20(24)22-15-7-8-17-18(12-15)27-13-26-17/h2-5,7-8,12H,6,9-11,13H2,1H3,(H,21,23)(H,22,24). The topological polar surface area (TPSA) is 85.9 Å². The van der Waals surface area contributed by atoms with E-state index in [1.165, 1.54) is 0 Å². The monoisotopic (exact) mass is 370 g/mol. The van der Waals surface area contributed by atoms with E-state index in [0.29, 0.717) is 30.0 Å². The molecular weight excluding hydrogens is 348 g/mol. The molecule has 0 aromatic heterocycles. The number of ether oxygens (including phenoxy) is 3. The highest BCUT2D eigenvalue weighted by Gasteiger charge is 2.14. The van der Waals surface area contributed by atoms with E-state index < -0.39 is 0 Å². The molecule has 0 aliphatic carbocycles. The van der Waals surface area contributed by atoms with Crippen LogP contribution in [0, 0.1) is 0 Å². The van der Waals surface area contributed by atoms with E-state index in [9.17, 15) is 9.59 Å². The van der Waals surface area contributed by atoms with Gasteiger partial charge >= 0.3 is 0 Å². The molecule has 0 unspecified atom stereocenters. The second-order valence-electron chi connectivity index (χ2n) is 6.03. The average molecular weight is 370 g/mol. The molecule has 2 aromatic rings. The van der Waals surface area contributed by atoms with Crippen molar-refractivity contribution in [3.8, 4) is 17.2 Å². The van der Waals surface area contributed by atoms with Gasteiger partial charge in [0.2, 0.25) is 18.6 Å². The van der Waals surface area contributed by atoms with Crippen molar-refractivity contribution in [3.63, 3.8) is 0 Å².